The zero-order valence-corrected chi connectivity index (χ0v) is 19.3. The molecule has 0 saturated carbocycles. The Balaban J connectivity index is 1.35. The minimum atomic E-state index is -2.77. The van der Waals surface area contributed by atoms with Crippen LogP contribution in [0.1, 0.15) is 41.3 Å². The number of Topliss-reactive ketones (excluding diaryl/α,β-unsaturated/α-hetero) is 1. The maximum absolute atomic E-state index is 13.3. The predicted molar refractivity (Wildman–Crippen MR) is 123 cm³/mol. The molecule has 6 nitrogen and oxygen atoms in total. The lowest BCUT2D eigenvalue weighted by Gasteiger charge is -2.22. The SMILES string of the molecule is Cn1ncc(-c2nc(C(F)F)c(Cl)s2)c1C(=O)CC1CCn2cc(-c3ccccc3)nc2C1. The molecule has 1 atom stereocenters. The van der Waals surface area contributed by atoms with Crippen LogP contribution in [-0.2, 0) is 20.0 Å². The zero-order valence-electron chi connectivity index (χ0n) is 17.7. The van der Waals surface area contributed by atoms with Gasteiger partial charge in [0.1, 0.15) is 26.6 Å². The molecule has 4 aromatic rings. The van der Waals surface area contributed by atoms with Crippen LogP contribution in [0.3, 0.4) is 0 Å². The highest BCUT2D eigenvalue weighted by Gasteiger charge is 2.28. The van der Waals surface area contributed by atoms with Crippen molar-refractivity contribution in [3.63, 3.8) is 0 Å². The molecule has 3 aromatic heterocycles. The largest absolute Gasteiger partial charge is 0.334 e. The first-order valence-electron chi connectivity index (χ1n) is 10.5. The van der Waals surface area contributed by atoms with Gasteiger partial charge in [-0.3, -0.25) is 9.48 Å². The van der Waals surface area contributed by atoms with Crippen molar-refractivity contribution in [2.75, 3.05) is 0 Å². The second kappa shape index (κ2) is 8.79. The van der Waals surface area contributed by atoms with Gasteiger partial charge in [0.15, 0.2) is 5.78 Å². The predicted octanol–water partition coefficient (Wildman–Crippen LogP) is 5.83. The number of carbonyl (C=O) groups excluding carboxylic acids is 1. The quantitative estimate of drug-likeness (QED) is 0.321. The van der Waals surface area contributed by atoms with Crippen molar-refractivity contribution < 1.29 is 13.6 Å². The Morgan fingerprint density at radius 3 is 2.79 bits per heavy atom. The molecule has 0 fully saturated rings. The smallest absolute Gasteiger partial charge is 0.282 e. The zero-order chi connectivity index (χ0) is 23.1. The molecule has 1 aromatic carbocycles. The van der Waals surface area contributed by atoms with Crippen LogP contribution in [0.4, 0.5) is 8.78 Å². The highest BCUT2D eigenvalue weighted by atomic mass is 35.5. The molecule has 10 heteroatoms. The average molecular weight is 488 g/mol. The Morgan fingerprint density at radius 2 is 2.06 bits per heavy atom. The molecule has 1 aliphatic rings. The lowest BCUT2D eigenvalue weighted by molar-refractivity contribution is 0.0945. The molecule has 1 unspecified atom stereocenters. The van der Waals surface area contributed by atoms with Crippen molar-refractivity contribution in [3.8, 4) is 21.8 Å². The summed E-state index contributed by atoms with van der Waals surface area (Å²) in [6.45, 7) is 0.797. The van der Waals surface area contributed by atoms with E-state index in [2.05, 4.69) is 20.8 Å². The lowest BCUT2D eigenvalue weighted by atomic mass is 9.91. The molecule has 170 valence electrons. The van der Waals surface area contributed by atoms with Crippen LogP contribution in [0.2, 0.25) is 4.34 Å². The number of alkyl halides is 2. The van der Waals surface area contributed by atoms with Gasteiger partial charge in [0, 0.05) is 38.2 Å². The molecule has 0 spiro atoms. The maximum atomic E-state index is 13.3. The van der Waals surface area contributed by atoms with E-state index in [1.54, 1.807) is 7.05 Å². The molecule has 0 saturated heterocycles. The summed E-state index contributed by atoms with van der Waals surface area (Å²) in [6, 6.07) is 10.0. The summed E-state index contributed by atoms with van der Waals surface area (Å²) in [4.78, 5) is 22.0. The highest BCUT2D eigenvalue weighted by Crippen LogP contribution is 2.38. The Kier molecular flexibility index (Phi) is 5.84. The van der Waals surface area contributed by atoms with E-state index in [0.717, 1.165) is 41.4 Å². The van der Waals surface area contributed by atoms with Crippen LogP contribution in [-0.4, -0.2) is 30.1 Å². The highest BCUT2D eigenvalue weighted by molar-refractivity contribution is 7.19. The summed E-state index contributed by atoms with van der Waals surface area (Å²) < 4.78 is 29.8. The number of thiazole rings is 1. The Bertz CT molecular complexity index is 1310. The molecule has 0 radical (unpaired) electrons. The molecular formula is C23H20ClF2N5OS. The van der Waals surface area contributed by atoms with E-state index in [0.29, 0.717) is 24.1 Å². The van der Waals surface area contributed by atoms with Gasteiger partial charge in [0.2, 0.25) is 0 Å². The van der Waals surface area contributed by atoms with E-state index < -0.39 is 12.1 Å². The summed E-state index contributed by atoms with van der Waals surface area (Å²) >= 11 is 6.87. The van der Waals surface area contributed by atoms with Gasteiger partial charge in [-0.1, -0.05) is 41.9 Å². The molecule has 4 heterocycles. The molecule has 0 aliphatic carbocycles. The molecule has 33 heavy (non-hydrogen) atoms. The van der Waals surface area contributed by atoms with E-state index in [1.807, 2.05) is 30.3 Å². The van der Waals surface area contributed by atoms with Gasteiger partial charge in [0.05, 0.1) is 17.5 Å². The van der Waals surface area contributed by atoms with E-state index in [1.165, 1.54) is 10.9 Å². The van der Waals surface area contributed by atoms with Crippen molar-refractivity contribution in [2.24, 2.45) is 13.0 Å². The van der Waals surface area contributed by atoms with Crippen molar-refractivity contribution >= 4 is 28.7 Å². The first kappa shape index (κ1) is 21.9. The van der Waals surface area contributed by atoms with Crippen molar-refractivity contribution in [1.82, 2.24) is 24.3 Å². The van der Waals surface area contributed by atoms with Crippen LogP contribution >= 0.6 is 22.9 Å². The second-order valence-electron chi connectivity index (χ2n) is 8.10. The third kappa shape index (κ3) is 4.22. The topological polar surface area (TPSA) is 65.6 Å². The summed E-state index contributed by atoms with van der Waals surface area (Å²) in [6.07, 6.45) is 2.65. The molecule has 1 aliphatic heterocycles. The van der Waals surface area contributed by atoms with Gasteiger partial charge in [-0.25, -0.2) is 18.7 Å². The fourth-order valence-electron chi connectivity index (χ4n) is 4.26. The lowest BCUT2D eigenvalue weighted by Crippen LogP contribution is -2.22. The fraction of sp³-hybridized carbons (Fsp3) is 0.304. The van der Waals surface area contributed by atoms with Gasteiger partial charge in [-0.05, 0) is 12.3 Å². The number of hydrogen-bond acceptors (Lipinski definition) is 5. The third-order valence-electron chi connectivity index (χ3n) is 5.90. The number of hydrogen-bond donors (Lipinski definition) is 0. The molecule has 0 N–H and O–H groups in total. The van der Waals surface area contributed by atoms with E-state index in [-0.39, 0.29) is 21.0 Å². The number of carbonyl (C=O) groups is 1. The van der Waals surface area contributed by atoms with E-state index in [4.69, 9.17) is 16.6 Å². The normalized spacial score (nSPS) is 15.7. The number of nitrogens with zero attached hydrogens (tertiary/aromatic N) is 5. The van der Waals surface area contributed by atoms with Gasteiger partial charge in [-0.2, -0.15) is 5.10 Å². The number of benzene rings is 1. The minimum absolute atomic E-state index is 0.0735. The third-order valence-corrected chi connectivity index (χ3v) is 7.22. The maximum Gasteiger partial charge on any atom is 0.282 e. The number of ketones is 1. The van der Waals surface area contributed by atoms with Crippen LogP contribution in [0.5, 0.6) is 0 Å². The number of fused-ring (bicyclic) bond motifs is 1. The molecule has 0 amide bonds. The number of halogens is 3. The van der Waals surface area contributed by atoms with Gasteiger partial charge < -0.3 is 4.57 Å². The Labute approximate surface area is 197 Å². The number of aryl methyl sites for hydroxylation is 2. The van der Waals surface area contributed by atoms with Crippen LogP contribution < -0.4 is 0 Å². The Morgan fingerprint density at radius 1 is 1.27 bits per heavy atom. The fourth-order valence-corrected chi connectivity index (χ4v) is 5.42. The summed E-state index contributed by atoms with van der Waals surface area (Å²) in [5.74, 6) is 1.01. The second-order valence-corrected chi connectivity index (χ2v) is 9.70. The first-order chi connectivity index (χ1) is 15.9. The summed E-state index contributed by atoms with van der Waals surface area (Å²) in [7, 11) is 1.67. The molecular weight excluding hydrogens is 468 g/mol. The minimum Gasteiger partial charge on any atom is -0.334 e. The van der Waals surface area contributed by atoms with Gasteiger partial charge in [0.25, 0.3) is 6.43 Å². The van der Waals surface area contributed by atoms with Crippen LogP contribution in [0.15, 0.2) is 42.7 Å². The van der Waals surface area contributed by atoms with Gasteiger partial charge in [-0.15, -0.1) is 11.3 Å². The number of rotatable bonds is 6. The summed E-state index contributed by atoms with van der Waals surface area (Å²) in [5, 5.41) is 4.46. The van der Waals surface area contributed by atoms with Gasteiger partial charge >= 0.3 is 0 Å². The molecule has 5 rings (SSSR count). The average Bonchev–Trinajstić information content (AvgIpc) is 3.50. The van der Waals surface area contributed by atoms with Crippen LogP contribution in [0.25, 0.3) is 21.8 Å². The van der Waals surface area contributed by atoms with Crippen molar-refractivity contribution in [2.45, 2.75) is 32.2 Å². The van der Waals surface area contributed by atoms with Crippen LogP contribution in [0, 0.1) is 5.92 Å². The first-order valence-corrected chi connectivity index (χ1v) is 11.7. The number of imidazole rings is 1. The van der Waals surface area contributed by atoms with Crippen molar-refractivity contribution in [3.05, 3.63) is 64.3 Å². The standard InChI is InChI=1S/C23H20ClF2N5OS/c1-30-20(15(11-27-30)23-29-19(22(25)26)21(24)33-23)17(32)9-13-7-8-31-12-16(28-18(31)10-13)14-5-3-2-4-6-14/h2-6,11-13,22H,7-10H2,1H3. The van der Waals surface area contributed by atoms with E-state index >= 15 is 0 Å². The monoisotopic (exact) mass is 487 g/mol. The Hall–Kier alpha value is -2.91. The molecule has 0 bridgehead atoms. The van der Waals surface area contributed by atoms with Crippen molar-refractivity contribution in [1.29, 1.82) is 0 Å². The van der Waals surface area contributed by atoms with E-state index in [9.17, 15) is 13.6 Å². The summed E-state index contributed by atoms with van der Waals surface area (Å²) in [5.41, 5.74) is 2.33. The number of aromatic nitrogens is 5.